The van der Waals surface area contributed by atoms with E-state index in [1.807, 2.05) is 37.8 Å². The van der Waals surface area contributed by atoms with Gasteiger partial charge in [0.2, 0.25) is 5.89 Å². The zero-order valence-corrected chi connectivity index (χ0v) is 14.7. The second kappa shape index (κ2) is 6.02. The lowest BCUT2D eigenvalue weighted by Crippen LogP contribution is -2.31. The van der Waals surface area contributed by atoms with E-state index in [9.17, 15) is 4.79 Å². The molecule has 0 spiro atoms. The number of amides is 1. The van der Waals surface area contributed by atoms with Gasteiger partial charge in [-0.25, -0.2) is 0 Å². The number of carbonyl (C=O) groups is 1. The minimum atomic E-state index is -0.114. The van der Waals surface area contributed by atoms with Crippen LogP contribution < -0.4 is 0 Å². The molecular weight excluding hydrogens is 316 g/mol. The number of H-pyrrole nitrogens is 1. The molecule has 4 rings (SSSR count). The largest absolute Gasteiger partial charge is 0.351 e. The fourth-order valence-electron chi connectivity index (χ4n) is 3.41. The number of fused-ring (bicyclic) bond motifs is 1. The van der Waals surface area contributed by atoms with Crippen molar-refractivity contribution in [3.05, 3.63) is 47.2 Å². The highest BCUT2D eigenvalue weighted by Gasteiger charge is 2.34. The Morgan fingerprint density at radius 1 is 1.36 bits per heavy atom. The zero-order valence-electron chi connectivity index (χ0n) is 14.7. The Hall–Kier alpha value is -2.63. The van der Waals surface area contributed by atoms with Crippen LogP contribution in [0, 0.1) is 6.92 Å². The van der Waals surface area contributed by atoms with Gasteiger partial charge >= 0.3 is 0 Å². The molecule has 2 aromatic heterocycles. The molecule has 1 aliphatic rings. The third kappa shape index (κ3) is 2.81. The quantitative estimate of drug-likeness (QED) is 0.784. The summed E-state index contributed by atoms with van der Waals surface area (Å²) in [7, 11) is 0. The Bertz CT molecular complexity index is 925. The molecule has 1 amide bonds. The van der Waals surface area contributed by atoms with Gasteiger partial charge in [0.15, 0.2) is 5.82 Å². The number of hydrogen-bond donors (Lipinski definition) is 1. The number of nitrogens with one attached hydrogen (secondary N) is 1. The third-order valence-electron chi connectivity index (χ3n) is 4.77. The molecule has 0 radical (unpaired) electrons. The van der Waals surface area contributed by atoms with Crippen LogP contribution >= 0.6 is 0 Å². The van der Waals surface area contributed by atoms with Crippen LogP contribution in [-0.4, -0.2) is 32.5 Å². The van der Waals surface area contributed by atoms with E-state index >= 15 is 0 Å². The molecule has 3 aromatic rings. The lowest BCUT2D eigenvalue weighted by molar-refractivity contribution is 0.0723. The maximum absolute atomic E-state index is 13.0. The summed E-state index contributed by atoms with van der Waals surface area (Å²) in [6.07, 6.45) is 1.81. The molecule has 1 unspecified atom stereocenters. The predicted octanol–water partition coefficient (Wildman–Crippen LogP) is 3.96. The highest BCUT2D eigenvalue weighted by molar-refractivity contribution is 5.98. The Labute approximate surface area is 146 Å². The average molecular weight is 338 g/mol. The topological polar surface area (TPSA) is 75.0 Å². The van der Waals surface area contributed by atoms with E-state index < -0.39 is 0 Å². The molecular formula is C19H22N4O2. The lowest BCUT2D eigenvalue weighted by atomic mass is 10.2. The molecule has 1 aliphatic heterocycles. The van der Waals surface area contributed by atoms with Gasteiger partial charge in [-0.3, -0.25) is 4.79 Å². The van der Waals surface area contributed by atoms with E-state index in [1.54, 1.807) is 0 Å². The summed E-state index contributed by atoms with van der Waals surface area (Å²) < 4.78 is 5.33. The van der Waals surface area contributed by atoms with Crippen LogP contribution in [0.2, 0.25) is 0 Å². The molecule has 0 saturated carbocycles. The Balaban J connectivity index is 1.62. The number of aryl methyl sites for hydroxylation is 1. The molecule has 130 valence electrons. The van der Waals surface area contributed by atoms with E-state index in [0.29, 0.717) is 24.0 Å². The SMILES string of the molecule is Cc1ccc2cc(C(=O)N3CCCC3c3noc(C(C)C)n3)[nH]c2c1. The summed E-state index contributed by atoms with van der Waals surface area (Å²) >= 11 is 0. The van der Waals surface area contributed by atoms with E-state index in [0.717, 1.165) is 23.7 Å². The fraction of sp³-hybridized carbons (Fsp3) is 0.421. The predicted molar refractivity (Wildman–Crippen MR) is 94.4 cm³/mol. The van der Waals surface area contributed by atoms with Gasteiger partial charge in [0.1, 0.15) is 5.69 Å². The minimum absolute atomic E-state index is 0.00718. The first-order valence-electron chi connectivity index (χ1n) is 8.77. The molecule has 6 nitrogen and oxygen atoms in total. The van der Waals surface area contributed by atoms with Crippen LogP contribution in [0.5, 0.6) is 0 Å². The molecule has 25 heavy (non-hydrogen) atoms. The van der Waals surface area contributed by atoms with Crippen LogP contribution in [-0.2, 0) is 0 Å². The molecule has 6 heteroatoms. The third-order valence-corrected chi connectivity index (χ3v) is 4.77. The summed E-state index contributed by atoms with van der Waals surface area (Å²) in [5.41, 5.74) is 2.77. The van der Waals surface area contributed by atoms with Crippen molar-refractivity contribution in [2.24, 2.45) is 0 Å². The van der Waals surface area contributed by atoms with Gasteiger partial charge < -0.3 is 14.4 Å². The molecule has 1 atom stereocenters. The van der Waals surface area contributed by atoms with Crippen molar-refractivity contribution in [2.75, 3.05) is 6.54 Å². The van der Waals surface area contributed by atoms with Crippen LogP contribution in [0.25, 0.3) is 10.9 Å². The number of aromatic nitrogens is 3. The second-order valence-corrected chi connectivity index (χ2v) is 7.08. The Kier molecular flexibility index (Phi) is 3.82. The maximum Gasteiger partial charge on any atom is 0.270 e. The Morgan fingerprint density at radius 3 is 2.96 bits per heavy atom. The highest BCUT2D eigenvalue weighted by Crippen LogP contribution is 2.32. The van der Waals surface area contributed by atoms with Crippen molar-refractivity contribution in [1.82, 2.24) is 20.0 Å². The standard InChI is InChI=1S/C19H22N4O2/c1-11(2)18-21-17(22-25-18)16-5-4-8-23(16)19(24)15-10-13-7-6-12(3)9-14(13)20-15/h6-7,9-11,16,20H,4-5,8H2,1-3H3. The second-order valence-electron chi connectivity index (χ2n) is 7.08. The lowest BCUT2D eigenvalue weighted by Gasteiger charge is -2.21. The first kappa shape index (κ1) is 15.9. The van der Waals surface area contributed by atoms with Crippen molar-refractivity contribution in [1.29, 1.82) is 0 Å². The van der Waals surface area contributed by atoms with E-state index in [1.165, 1.54) is 5.56 Å². The van der Waals surface area contributed by atoms with Gasteiger partial charge in [-0.1, -0.05) is 31.1 Å². The summed E-state index contributed by atoms with van der Waals surface area (Å²) in [5, 5.41) is 5.16. The zero-order chi connectivity index (χ0) is 17.6. The number of aromatic amines is 1. The molecule has 0 bridgehead atoms. The van der Waals surface area contributed by atoms with Gasteiger partial charge in [0.25, 0.3) is 5.91 Å². The van der Waals surface area contributed by atoms with Crippen LogP contribution in [0.1, 0.15) is 66.4 Å². The monoisotopic (exact) mass is 338 g/mol. The minimum Gasteiger partial charge on any atom is -0.351 e. The number of benzene rings is 1. The van der Waals surface area contributed by atoms with Crippen molar-refractivity contribution >= 4 is 16.8 Å². The van der Waals surface area contributed by atoms with E-state index in [2.05, 4.69) is 27.3 Å². The fourth-order valence-corrected chi connectivity index (χ4v) is 3.41. The van der Waals surface area contributed by atoms with Crippen LogP contribution in [0.15, 0.2) is 28.8 Å². The number of likely N-dealkylation sites (tertiary alicyclic amines) is 1. The number of hydrogen-bond acceptors (Lipinski definition) is 4. The van der Waals surface area contributed by atoms with Crippen LogP contribution in [0.4, 0.5) is 0 Å². The summed E-state index contributed by atoms with van der Waals surface area (Å²) in [5.74, 6) is 1.41. The van der Waals surface area contributed by atoms with Gasteiger partial charge in [0, 0.05) is 23.4 Å². The van der Waals surface area contributed by atoms with Crippen molar-refractivity contribution in [3.8, 4) is 0 Å². The highest BCUT2D eigenvalue weighted by atomic mass is 16.5. The van der Waals surface area contributed by atoms with Gasteiger partial charge in [-0.2, -0.15) is 4.98 Å². The number of nitrogens with zero attached hydrogens (tertiary/aromatic N) is 3. The molecule has 1 fully saturated rings. The van der Waals surface area contributed by atoms with Crippen molar-refractivity contribution in [2.45, 2.75) is 45.6 Å². The van der Waals surface area contributed by atoms with E-state index in [4.69, 9.17) is 4.52 Å². The average Bonchev–Trinajstić information content (AvgIpc) is 3.31. The van der Waals surface area contributed by atoms with Crippen LogP contribution in [0.3, 0.4) is 0 Å². The first-order chi connectivity index (χ1) is 12.0. The first-order valence-corrected chi connectivity index (χ1v) is 8.77. The summed E-state index contributed by atoms with van der Waals surface area (Å²) in [6.45, 7) is 6.78. The maximum atomic E-state index is 13.0. The van der Waals surface area contributed by atoms with E-state index in [-0.39, 0.29) is 17.9 Å². The normalized spacial score (nSPS) is 17.8. The number of carbonyl (C=O) groups excluding carboxylic acids is 1. The van der Waals surface area contributed by atoms with Gasteiger partial charge in [-0.15, -0.1) is 0 Å². The molecule has 3 heterocycles. The van der Waals surface area contributed by atoms with Crippen molar-refractivity contribution in [3.63, 3.8) is 0 Å². The number of rotatable bonds is 3. The van der Waals surface area contributed by atoms with Crippen molar-refractivity contribution < 1.29 is 9.32 Å². The summed E-state index contributed by atoms with van der Waals surface area (Å²) in [6, 6.07) is 7.95. The molecule has 1 aromatic carbocycles. The molecule has 1 saturated heterocycles. The van der Waals surface area contributed by atoms with Gasteiger partial charge in [0.05, 0.1) is 6.04 Å². The summed E-state index contributed by atoms with van der Waals surface area (Å²) in [4.78, 5) is 22.6. The Morgan fingerprint density at radius 2 is 2.20 bits per heavy atom. The molecule has 1 N–H and O–H groups in total. The molecule has 0 aliphatic carbocycles. The van der Waals surface area contributed by atoms with Gasteiger partial charge in [-0.05, 0) is 37.5 Å². The smallest absolute Gasteiger partial charge is 0.270 e.